The quantitative estimate of drug-likeness (QED) is 0.633. The Morgan fingerprint density at radius 3 is 2.59 bits per heavy atom. The Hall–Kier alpha value is -2.40. The SMILES string of the molecule is COc1c(OCCCl)ccc(C(=O)Nc2ccccc2)c1N. The molecule has 22 heavy (non-hydrogen) atoms. The molecular weight excluding hydrogens is 304 g/mol. The molecule has 0 aromatic heterocycles. The number of carbonyl (C=O) groups excluding carboxylic acids is 1. The van der Waals surface area contributed by atoms with Crippen molar-refractivity contribution in [3.63, 3.8) is 0 Å². The number of nitrogens with two attached hydrogens (primary N) is 1. The van der Waals surface area contributed by atoms with E-state index in [0.717, 1.165) is 0 Å². The van der Waals surface area contributed by atoms with Crippen LogP contribution in [-0.4, -0.2) is 25.5 Å². The third kappa shape index (κ3) is 3.62. The van der Waals surface area contributed by atoms with Gasteiger partial charge in [-0.05, 0) is 24.3 Å². The summed E-state index contributed by atoms with van der Waals surface area (Å²) in [6.07, 6.45) is 0. The van der Waals surface area contributed by atoms with Crippen molar-refractivity contribution in [2.75, 3.05) is 30.6 Å². The maximum absolute atomic E-state index is 12.3. The molecule has 1 amide bonds. The second kappa shape index (κ2) is 7.56. The van der Waals surface area contributed by atoms with Gasteiger partial charge in [0.25, 0.3) is 5.91 Å². The lowest BCUT2D eigenvalue weighted by atomic mass is 10.1. The van der Waals surface area contributed by atoms with Crippen molar-refractivity contribution in [2.24, 2.45) is 0 Å². The molecule has 0 aliphatic heterocycles. The summed E-state index contributed by atoms with van der Waals surface area (Å²) in [5.74, 6) is 0.813. The molecule has 5 nitrogen and oxygen atoms in total. The molecule has 0 fully saturated rings. The lowest BCUT2D eigenvalue weighted by Gasteiger charge is -2.15. The number of hydrogen-bond acceptors (Lipinski definition) is 4. The highest BCUT2D eigenvalue weighted by atomic mass is 35.5. The van der Waals surface area contributed by atoms with E-state index in [1.807, 2.05) is 18.2 Å². The summed E-state index contributed by atoms with van der Waals surface area (Å²) in [6, 6.07) is 12.4. The lowest BCUT2D eigenvalue weighted by Crippen LogP contribution is -2.15. The normalized spacial score (nSPS) is 10.1. The third-order valence-electron chi connectivity index (χ3n) is 2.98. The summed E-state index contributed by atoms with van der Waals surface area (Å²) >= 11 is 5.60. The Bertz CT molecular complexity index is 647. The third-order valence-corrected chi connectivity index (χ3v) is 3.13. The maximum atomic E-state index is 12.3. The number of alkyl halides is 1. The number of nitrogens with one attached hydrogen (secondary N) is 1. The summed E-state index contributed by atoms with van der Waals surface area (Å²) in [7, 11) is 1.47. The van der Waals surface area contributed by atoms with E-state index in [0.29, 0.717) is 35.2 Å². The van der Waals surface area contributed by atoms with Crippen LogP contribution in [-0.2, 0) is 0 Å². The number of nitrogen functional groups attached to an aromatic ring is 1. The molecule has 0 atom stereocenters. The van der Waals surface area contributed by atoms with Crippen molar-refractivity contribution in [2.45, 2.75) is 0 Å². The van der Waals surface area contributed by atoms with E-state index >= 15 is 0 Å². The molecule has 2 aromatic carbocycles. The molecule has 0 unspecified atom stereocenters. The first-order valence-corrected chi connectivity index (χ1v) is 7.22. The zero-order valence-corrected chi connectivity index (χ0v) is 12.9. The fourth-order valence-electron chi connectivity index (χ4n) is 1.97. The van der Waals surface area contributed by atoms with E-state index in [9.17, 15) is 4.79 Å². The Morgan fingerprint density at radius 2 is 1.95 bits per heavy atom. The predicted octanol–water partition coefficient (Wildman–Crippen LogP) is 3.15. The van der Waals surface area contributed by atoms with Crippen molar-refractivity contribution < 1.29 is 14.3 Å². The average molecular weight is 321 g/mol. The molecule has 0 saturated heterocycles. The summed E-state index contributed by atoms with van der Waals surface area (Å²) in [5, 5.41) is 2.78. The molecule has 0 spiro atoms. The number of benzene rings is 2. The van der Waals surface area contributed by atoms with Gasteiger partial charge in [-0.2, -0.15) is 0 Å². The minimum atomic E-state index is -0.314. The van der Waals surface area contributed by atoms with Crippen molar-refractivity contribution in [3.8, 4) is 11.5 Å². The molecule has 2 rings (SSSR count). The number of rotatable bonds is 6. The Labute approximate surface area is 134 Å². The first kappa shape index (κ1) is 16.0. The number of halogens is 1. The summed E-state index contributed by atoms with van der Waals surface area (Å²) in [4.78, 5) is 12.3. The number of amides is 1. The second-order valence-electron chi connectivity index (χ2n) is 4.42. The van der Waals surface area contributed by atoms with Crippen molar-refractivity contribution in [1.82, 2.24) is 0 Å². The molecule has 0 aliphatic rings. The van der Waals surface area contributed by atoms with Crippen molar-refractivity contribution >= 4 is 28.9 Å². The Morgan fingerprint density at radius 1 is 1.23 bits per heavy atom. The summed E-state index contributed by atoms with van der Waals surface area (Å²) in [5.41, 5.74) is 7.25. The monoisotopic (exact) mass is 320 g/mol. The number of hydrogen-bond donors (Lipinski definition) is 2. The van der Waals surface area contributed by atoms with Gasteiger partial charge >= 0.3 is 0 Å². The maximum Gasteiger partial charge on any atom is 0.257 e. The number of anilines is 2. The number of para-hydroxylation sites is 1. The number of carbonyl (C=O) groups is 1. The van der Waals surface area contributed by atoms with E-state index in [1.165, 1.54) is 7.11 Å². The van der Waals surface area contributed by atoms with Gasteiger partial charge in [-0.1, -0.05) is 18.2 Å². The molecule has 0 bridgehead atoms. The van der Waals surface area contributed by atoms with E-state index in [2.05, 4.69) is 5.32 Å². The van der Waals surface area contributed by atoms with Gasteiger partial charge in [0, 0.05) is 5.69 Å². The fraction of sp³-hybridized carbons (Fsp3) is 0.188. The lowest BCUT2D eigenvalue weighted by molar-refractivity contribution is 0.102. The van der Waals surface area contributed by atoms with E-state index in [-0.39, 0.29) is 11.6 Å². The molecule has 0 aliphatic carbocycles. The van der Waals surface area contributed by atoms with Crippen LogP contribution in [0.4, 0.5) is 11.4 Å². The smallest absolute Gasteiger partial charge is 0.257 e. The molecule has 3 N–H and O–H groups in total. The molecule has 0 heterocycles. The predicted molar refractivity (Wildman–Crippen MR) is 88.0 cm³/mol. The van der Waals surface area contributed by atoms with Gasteiger partial charge in [0.1, 0.15) is 6.61 Å². The largest absolute Gasteiger partial charge is 0.491 e. The van der Waals surface area contributed by atoms with Crippen LogP contribution < -0.4 is 20.5 Å². The van der Waals surface area contributed by atoms with Crippen LogP contribution in [0.3, 0.4) is 0 Å². The van der Waals surface area contributed by atoms with E-state index in [4.69, 9.17) is 26.8 Å². The van der Waals surface area contributed by atoms with E-state index < -0.39 is 0 Å². The molecule has 0 radical (unpaired) electrons. The zero-order chi connectivity index (χ0) is 15.9. The molecule has 0 saturated carbocycles. The average Bonchev–Trinajstić information content (AvgIpc) is 2.53. The van der Waals surface area contributed by atoms with Crippen LogP contribution in [0.25, 0.3) is 0 Å². The Balaban J connectivity index is 2.25. The van der Waals surface area contributed by atoms with Gasteiger partial charge in [-0.3, -0.25) is 4.79 Å². The van der Waals surface area contributed by atoms with Gasteiger partial charge < -0.3 is 20.5 Å². The van der Waals surface area contributed by atoms with Crippen LogP contribution in [0.2, 0.25) is 0 Å². The van der Waals surface area contributed by atoms with Gasteiger partial charge in [0.05, 0.1) is 24.2 Å². The van der Waals surface area contributed by atoms with Crippen LogP contribution in [0, 0.1) is 0 Å². The van der Waals surface area contributed by atoms with Crippen LogP contribution in [0.1, 0.15) is 10.4 Å². The van der Waals surface area contributed by atoms with Crippen LogP contribution in [0.15, 0.2) is 42.5 Å². The zero-order valence-electron chi connectivity index (χ0n) is 12.1. The molecule has 2 aromatic rings. The minimum absolute atomic E-state index is 0.225. The molecule has 6 heteroatoms. The van der Waals surface area contributed by atoms with E-state index in [1.54, 1.807) is 24.3 Å². The fourth-order valence-corrected chi connectivity index (χ4v) is 2.05. The topological polar surface area (TPSA) is 73.6 Å². The van der Waals surface area contributed by atoms with Gasteiger partial charge in [-0.15, -0.1) is 11.6 Å². The van der Waals surface area contributed by atoms with Gasteiger partial charge in [-0.25, -0.2) is 0 Å². The first-order valence-electron chi connectivity index (χ1n) is 6.69. The van der Waals surface area contributed by atoms with Crippen molar-refractivity contribution in [1.29, 1.82) is 0 Å². The molecule has 116 valence electrons. The number of methoxy groups -OCH3 is 1. The standard InChI is InChI=1S/C16H17ClN2O3/c1-21-15-13(22-10-9-17)8-7-12(14(15)18)16(20)19-11-5-3-2-4-6-11/h2-8H,9-10,18H2,1H3,(H,19,20). The summed E-state index contributed by atoms with van der Waals surface area (Å²) < 4.78 is 10.7. The van der Waals surface area contributed by atoms with Gasteiger partial charge in [0.2, 0.25) is 0 Å². The highest BCUT2D eigenvalue weighted by Crippen LogP contribution is 2.36. The number of ether oxygens (including phenoxy) is 2. The Kier molecular flexibility index (Phi) is 5.49. The molecular formula is C16H17ClN2O3. The highest BCUT2D eigenvalue weighted by molar-refractivity contribution is 6.18. The highest BCUT2D eigenvalue weighted by Gasteiger charge is 2.17. The van der Waals surface area contributed by atoms with Crippen LogP contribution in [0.5, 0.6) is 11.5 Å². The second-order valence-corrected chi connectivity index (χ2v) is 4.79. The van der Waals surface area contributed by atoms with Crippen molar-refractivity contribution in [3.05, 3.63) is 48.0 Å². The summed E-state index contributed by atoms with van der Waals surface area (Å²) in [6.45, 7) is 0.326. The minimum Gasteiger partial charge on any atom is -0.491 e. The van der Waals surface area contributed by atoms with Crippen LogP contribution >= 0.6 is 11.6 Å². The first-order chi connectivity index (χ1) is 10.7. The van der Waals surface area contributed by atoms with Gasteiger partial charge in [0.15, 0.2) is 11.5 Å².